The van der Waals surface area contributed by atoms with Crippen LogP contribution < -0.4 is 16.4 Å². The molecule has 2 heterocycles. The molecule has 7 heteroatoms. The summed E-state index contributed by atoms with van der Waals surface area (Å²) in [5.41, 5.74) is 9.27. The van der Waals surface area contributed by atoms with Gasteiger partial charge in [0.15, 0.2) is 0 Å². The van der Waals surface area contributed by atoms with Crippen LogP contribution in [-0.2, 0) is 21.1 Å². The first-order valence-electron chi connectivity index (χ1n) is 7.12. The minimum atomic E-state index is -2.86. The Balaban J connectivity index is 1.76. The average Bonchev–Trinajstić information content (AvgIpc) is 2.42. The van der Waals surface area contributed by atoms with Crippen molar-refractivity contribution in [3.8, 4) is 0 Å². The van der Waals surface area contributed by atoms with Crippen molar-refractivity contribution in [2.75, 3.05) is 27.9 Å². The molecule has 0 atom stereocenters. The van der Waals surface area contributed by atoms with E-state index < -0.39 is 9.84 Å². The van der Waals surface area contributed by atoms with Gasteiger partial charge in [-0.1, -0.05) is 0 Å². The first-order valence-corrected chi connectivity index (χ1v) is 8.94. The molecule has 21 heavy (non-hydrogen) atoms. The van der Waals surface area contributed by atoms with Crippen LogP contribution in [0.5, 0.6) is 0 Å². The Morgan fingerprint density at radius 3 is 2.62 bits per heavy atom. The molecule has 0 spiro atoms. The Labute approximate surface area is 124 Å². The van der Waals surface area contributed by atoms with E-state index in [0.717, 1.165) is 16.9 Å². The number of carbonyl (C=O) groups is 1. The molecule has 0 radical (unpaired) electrons. The van der Waals surface area contributed by atoms with Crippen LogP contribution in [0, 0.1) is 0 Å². The Bertz CT molecular complexity index is 671. The molecule has 1 aromatic carbocycles. The summed E-state index contributed by atoms with van der Waals surface area (Å²) < 4.78 is 22.9. The van der Waals surface area contributed by atoms with Crippen molar-refractivity contribution in [1.82, 2.24) is 0 Å². The maximum absolute atomic E-state index is 11.4. The molecule has 1 amide bonds. The molecule has 0 unspecified atom stereocenters. The second kappa shape index (κ2) is 5.22. The highest BCUT2D eigenvalue weighted by atomic mass is 32.2. The molecule has 3 rings (SSSR count). The highest BCUT2D eigenvalue weighted by Gasteiger charge is 2.24. The molecule has 1 saturated heterocycles. The van der Waals surface area contributed by atoms with Crippen molar-refractivity contribution in [3.63, 3.8) is 0 Å². The number of nitrogens with one attached hydrogen (secondary N) is 2. The van der Waals surface area contributed by atoms with Crippen LogP contribution in [0.4, 0.5) is 17.1 Å². The van der Waals surface area contributed by atoms with E-state index in [0.29, 0.717) is 31.4 Å². The molecule has 1 aromatic rings. The second-order valence-electron chi connectivity index (χ2n) is 5.72. The van der Waals surface area contributed by atoms with E-state index in [4.69, 9.17) is 5.73 Å². The van der Waals surface area contributed by atoms with E-state index in [2.05, 4.69) is 10.6 Å². The van der Waals surface area contributed by atoms with Crippen LogP contribution in [0.1, 0.15) is 24.8 Å². The molecule has 0 saturated carbocycles. The van der Waals surface area contributed by atoms with Gasteiger partial charge < -0.3 is 16.4 Å². The zero-order chi connectivity index (χ0) is 15.0. The number of nitrogen functional groups attached to an aromatic ring is 1. The minimum absolute atomic E-state index is 0.0140. The van der Waals surface area contributed by atoms with E-state index in [9.17, 15) is 13.2 Å². The summed E-state index contributed by atoms with van der Waals surface area (Å²) in [5, 5.41) is 6.16. The van der Waals surface area contributed by atoms with E-state index in [1.165, 1.54) is 0 Å². The van der Waals surface area contributed by atoms with Crippen LogP contribution in [0.15, 0.2) is 12.1 Å². The Morgan fingerprint density at radius 1 is 1.19 bits per heavy atom. The average molecular weight is 309 g/mol. The van der Waals surface area contributed by atoms with Gasteiger partial charge in [-0.25, -0.2) is 8.42 Å². The van der Waals surface area contributed by atoms with E-state index in [1.807, 2.05) is 6.07 Å². The lowest BCUT2D eigenvalue weighted by molar-refractivity contribution is -0.116. The van der Waals surface area contributed by atoms with E-state index >= 15 is 0 Å². The summed E-state index contributed by atoms with van der Waals surface area (Å²) in [6, 6.07) is 3.87. The fourth-order valence-electron chi connectivity index (χ4n) is 2.82. The summed E-state index contributed by atoms with van der Waals surface area (Å²) in [5.74, 6) is 0.469. The van der Waals surface area contributed by atoms with Gasteiger partial charge in [0.2, 0.25) is 5.91 Å². The highest BCUT2D eigenvalue weighted by Crippen LogP contribution is 2.32. The number of nitrogens with two attached hydrogens (primary N) is 1. The fourth-order valence-corrected chi connectivity index (χ4v) is 4.32. The molecular weight excluding hydrogens is 290 g/mol. The van der Waals surface area contributed by atoms with Gasteiger partial charge in [-0.05, 0) is 37.0 Å². The van der Waals surface area contributed by atoms with Gasteiger partial charge in [0.1, 0.15) is 9.84 Å². The third-order valence-electron chi connectivity index (χ3n) is 4.09. The van der Waals surface area contributed by atoms with Crippen LogP contribution in [0.25, 0.3) is 0 Å². The monoisotopic (exact) mass is 309 g/mol. The summed E-state index contributed by atoms with van der Waals surface area (Å²) >= 11 is 0. The Hall–Kier alpha value is -1.76. The number of aryl methyl sites for hydroxylation is 1. The van der Waals surface area contributed by atoms with Gasteiger partial charge in [-0.15, -0.1) is 0 Å². The number of hydrogen-bond donors (Lipinski definition) is 3. The standard InChI is InChI=1S/C14H19N3O3S/c15-11-8-12-9(1-2-14(18)17-12)7-13(11)16-10-3-5-21(19,20)6-4-10/h7-8,10,16H,1-6,15H2,(H,17,18). The third-order valence-corrected chi connectivity index (χ3v) is 5.80. The Kier molecular flexibility index (Phi) is 3.52. The minimum Gasteiger partial charge on any atom is -0.397 e. The van der Waals surface area contributed by atoms with Gasteiger partial charge in [-0.3, -0.25) is 4.79 Å². The van der Waals surface area contributed by atoms with Crippen LogP contribution in [-0.4, -0.2) is 31.9 Å². The molecule has 114 valence electrons. The molecule has 0 aliphatic carbocycles. The first kappa shape index (κ1) is 14.2. The van der Waals surface area contributed by atoms with Crippen molar-refractivity contribution in [2.24, 2.45) is 0 Å². The topological polar surface area (TPSA) is 101 Å². The van der Waals surface area contributed by atoms with Crippen molar-refractivity contribution >= 4 is 32.8 Å². The second-order valence-corrected chi connectivity index (χ2v) is 8.02. The van der Waals surface area contributed by atoms with Crippen LogP contribution in [0.3, 0.4) is 0 Å². The lowest BCUT2D eigenvalue weighted by Gasteiger charge is -2.26. The number of amides is 1. The molecule has 2 aliphatic rings. The SMILES string of the molecule is Nc1cc2c(cc1NC1CCS(=O)(=O)CC1)CCC(=O)N2. The lowest BCUT2D eigenvalue weighted by atomic mass is 10.0. The lowest BCUT2D eigenvalue weighted by Crippen LogP contribution is -2.32. The van der Waals surface area contributed by atoms with Crippen molar-refractivity contribution in [1.29, 1.82) is 0 Å². The zero-order valence-corrected chi connectivity index (χ0v) is 12.5. The number of benzene rings is 1. The van der Waals surface area contributed by atoms with Crippen molar-refractivity contribution < 1.29 is 13.2 Å². The summed E-state index contributed by atoms with van der Waals surface area (Å²) in [4.78, 5) is 11.4. The zero-order valence-electron chi connectivity index (χ0n) is 11.7. The molecule has 6 nitrogen and oxygen atoms in total. The number of sulfone groups is 1. The number of anilines is 3. The van der Waals surface area contributed by atoms with Gasteiger partial charge in [0, 0.05) is 18.2 Å². The summed E-state index contributed by atoms with van der Waals surface area (Å²) in [6.07, 6.45) is 2.40. The van der Waals surface area contributed by atoms with Crippen LogP contribution >= 0.6 is 0 Å². The first-order chi connectivity index (χ1) is 9.93. The van der Waals surface area contributed by atoms with Gasteiger partial charge in [0.05, 0.1) is 22.9 Å². The number of fused-ring (bicyclic) bond motifs is 1. The van der Waals surface area contributed by atoms with Crippen LogP contribution in [0.2, 0.25) is 0 Å². The largest absolute Gasteiger partial charge is 0.397 e. The summed E-state index contributed by atoms with van der Waals surface area (Å²) in [6.45, 7) is 0. The maximum Gasteiger partial charge on any atom is 0.224 e. The number of hydrogen-bond acceptors (Lipinski definition) is 5. The van der Waals surface area contributed by atoms with Crippen molar-refractivity contribution in [3.05, 3.63) is 17.7 Å². The van der Waals surface area contributed by atoms with Crippen molar-refractivity contribution in [2.45, 2.75) is 31.7 Å². The third kappa shape index (κ3) is 3.12. The number of rotatable bonds is 2. The molecule has 0 aromatic heterocycles. The molecule has 1 fully saturated rings. The predicted octanol–water partition coefficient (Wildman–Crippen LogP) is 1.14. The molecule has 4 N–H and O–H groups in total. The number of carbonyl (C=O) groups excluding carboxylic acids is 1. The van der Waals surface area contributed by atoms with E-state index in [-0.39, 0.29) is 23.5 Å². The predicted molar refractivity (Wildman–Crippen MR) is 83.1 cm³/mol. The smallest absolute Gasteiger partial charge is 0.224 e. The molecular formula is C14H19N3O3S. The fraction of sp³-hybridized carbons (Fsp3) is 0.500. The van der Waals surface area contributed by atoms with Gasteiger partial charge >= 0.3 is 0 Å². The highest BCUT2D eigenvalue weighted by molar-refractivity contribution is 7.91. The van der Waals surface area contributed by atoms with E-state index in [1.54, 1.807) is 6.07 Å². The maximum atomic E-state index is 11.4. The normalized spacial score (nSPS) is 21.4. The molecule has 2 aliphatic heterocycles. The summed E-state index contributed by atoms with van der Waals surface area (Å²) in [7, 11) is -2.86. The molecule has 0 bridgehead atoms. The Morgan fingerprint density at radius 2 is 1.90 bits per heavy atom. The quantitative estimate of drug-likeness (QED) is 0.711. The van der Waals surface area contributed by atoms with Gasteiger partial charge in [-0.2, -0.15) is 0 Å². The van der Waals surface area contributed by atoms with Gasteiger partial charge in [0.25, 0.3) is 0 Å².